The summed E-state index contributed by atoms with van der Waals surface area (Å²) in [6.45, 7) is 0.752. The highest BCUT2D eigenvalue weighted by atomic mass is 14.7. The van der Waals surface area contributed by atoms with Crippen molar-refractivity contribution < 1.29 is 0 Å². The minimum Gasteiger partial charge on any atom is -0.353 e. The van der Waals surface area contributed by atoms with Crippen molar-refractivity contribution >= 4 is 21.8 Å². The first-order valence-electron chi connectivity index (χ1n) is 7.38. The van der Waals surface area contributed by atoms with Crippen molar-refractivity contribution in [3.05, 3.63) is 42.2 Å². The molecule has 0 radical (unpaired) electrons. The molecule has 0 unspecified atom stereocenters. The van der Waals surface area contributed by atoms with Crippen LogP contribution in [0.15, 0.2) is 36.7 Å². The number of nitrogens with zero attached hydrogens (tertiary/aromatic N) is 1. The van der Waals surface area contributed by atoms with Gasteiger partial charge in [0.05, 0.1) is 11.7 Å². The van der Waals surface area contributed by atoms with E-state index in [0.717, 1.165) is 12.1 Å². The quantitative estimate of drug-likeness (QED) is 0.745. The van der Waals surface area contributed by atoms with Gasteiger partial charge in [0.1, 0.15) is 0 Å². The second-order valence-electron chi connectivity index (χ2n) is 6.00. The summed E-state index contributed by atoms with van der Waals surface area (Å²) in [5, 5.41) is 2.54. The Bertz CT molecular complexity index is 766. The summed E-state index contributed by atoms with van der Waals surface area (Å²) in [5.74, 6) is 0. The highest BCUT2D eigenvalue weighted by Crippen LogP contribution is 2.41. The van der Waals surface area contributed by atoms with Crippen molar-refractivity contribution in [3.8, 4) is 0 Å². The number of aromatic amines is 1. The summed E-state index contributed by atoms with van der Waals surface area (Å²) in [7, 11) is 0. The molecular weight excluding hydrogens is 246 g/mol. The predicted octanol–water partition coefficient (Wildman–Crippen LogP) is 3.49. The van der Waals surface area contributed by atoms with Crippen LogP contribution >= 0.6 is 0 Å². The van der Waals surface area contributed by atoms with Gasteiger partial charge in [0.15, 0.2) is 0 Å². The van der Waals surface area contributed by atoms with Crippen molar-refractivity contribution in [1.29, 1.82) is 0 Å². The molecule has 3 heteroatoms. The Morgan fingerprint density at radius 2 is 1.95 bits per heavy atom. The van der Waals surface area contributed by atoms with Gasteiger partial charge in [0.25, 0.3) is 0 Å². The van der Waals surface area contributed by atoms with Crippen LogP contribution in [0.5, 0.6) is 0 Å². The molecule has 102 valence electrons. The van der Waals surface area contributed by atoms with Gasteiger partial charge in [-0.05, 0) is 36.6 Å². The lowest BCUT2D eigenvalue weighted by atomic mass is 9.78. The number of rotatable bonds is 2. The van der Waals surface area contributed by atoms with Gasteiger partial charge in [0, 0.05) is 34.4 Å². The molecule has 1 aliphatic rings. The molecule has 1 aliphatic carbocycles. The molecule has 20 heavy (non-hydrogen) atoms. The molecule has 2 aromatic heterocycles. The normalized spacial score (nSPS) is 18.1. The molecule has 3 aromatic rings. The fourth-order valence-corrected chi connectivity index (χ4v) is 3.74. The van der Waals surface area contributed by atoms with Crippen LogP contribution in [0.4, 0.5) is 0 Å². The lowest BCUT2D eigenvalue weighted by Crippen LogP contribution is -2.31. The van der Waals surface area contributed by atoms with Crippen LogP contribution in [-0.4, -0.2) is 16.5 Å². The predicted molar refractivity (Wildman–Crippen MR) is 82.8 cm³/mol. The number of pyridine rings is 1. The first-order chi connectivity index (χ1) is 9.82. The molecule has 0 saturated heterocycles. The summed E-state index contributed by atoms with van der Waals surface area (Å²) < 4.78 is 0. The van der Waals surface area contributed by atoms with E-state index in [1.54, 1.807) is 0 Å². The maximum Gasteiger partial charge on any atom is 0.0651 e. The first kappa shape index (κ1) is 11.9. The van der Waals surface area contributed by atoms with Crippen LogP contribution in [-0.2, 0) is 5.41 Å². The third-order valence-electron chi connectivity index (χ3n) is 4.96. The van der Waals surface area contributed by atoms with Crippen molar-refractivity contribution in [3.63, 3.8) is 0 Å². The van der Waals surface area contributed by atoms with E-state index in [0.29, 0.717) is 0 Å². The molecule has 1 aromatic carbocycles. The SMILES string of the molecule is NCC1(c2ccc3[nH]c4cnccc4c3c2)CCCC1. The van der Waals surface area contributed by atoms with Crippen molar-refractivity contribution in [2.24, 2.45) is 5.73 Å². The maximum absolute atomic E-state index is 6.12. The zero-order chi connectivity index (χ0) is 13.6. The summed E-state index contributed by atoms with van der Waals surface area (Å²) in [6.07, 6.45) is 8.79. The van der Waals surface area contributed by atoms with E-state index >= 15 is 0 Å². The van der Waals surface area contributed by atoms with E-state index in [2.05, 4.69) is 34.2 Å². The van der Waals surface area contributed by atoms with Crippen LogP contribution in [0, 0.1) is 0 Å². The highest BCUT2D eigenvalue weighted by molar-refractivity contribution is 6.07. The fraction of sp³-hybridized carbons (Fsp3) is 0.353. The molecule has 0 aliphatic heterocycles. The lowest BCUT2D eigenvalue weighted by molar-refractivity contribution is 0.453. The number of nitrogens with two attached hydrogens (primary N) is 1. The molecule has 0 amide bonds. The molecule has 3 N–H and O–H groups in total. The van der Waals surface area contributed by atoms with Gasteiger partial charge in [-0.3, -0.25) is 4.98 Å². The molecule has 0 atom stereocenters. The fourth-order valence-electron chi connectivity index (χ4n) is 3.74. The molecule has 0 spiro atoms. The number of aromatic nitrogens is 2. The summed E-state index contributed by atoms with van der Waals surface area (Å²) >= 11 is 0. The Balaban J connectivity index is 1.95. The molecule has 3 nitrogen and oxygen atoms in total. The van der Waals surface area contributed by atoms with Gasteiger partial charge in [-0.2, -0.15) is 0 Å². The van der Waals surface area contributed by atoms with Gasteiger partial charge >= 0.3 is 0 Å². The Morgan fingerprint density at radius 1 is 1.10 bits per heavy atom. The summed E-state index contributed by atoms with van der Waals surface area (Å²) in [6, 6.07) is 8.87. The smallest absolute Gasteiger partial charge is 0.0651 e. The zero-order valence-corrected chi connectivity index (χ0v) is 11.5. The molecule has 4 rings (SSSR count). The number of hydrogen-bond acceptors (Lipinski definition) is 2. The summed E-state index contributed by atoms with van der Waals surface area (Å²) in [4.78, 5) is 7.62. The van der Waals surface area contributed by atoms with Gasteiger partial charge in [0.2, 0.25) is 0 Å². The first-order valence-corrected chi connectivity index (χ1v) is 7.38. The van der Waals surface area contributed by atoms with E-state index in [4.69, 9.17) is 5.73 Å². The van der Waals surface area contributed by atoms with Crippen molar-refractivity contribution in [1.82, 2.24) is 9.97 Å². The minimum atomic E-state index is 0.199. The van der Waals surface area contributed by atoms with Crippen LogP contribution in [0.2, 0.25) is 0 Å². The van der Waals surface area contributed by atoms with Gasteiger partial charge in [-0.25, -0.2) is 0 Å². The second kappa shape index (κ2) is 4.32. The average molecular weight is 265 g/mol. The lowest BCUT2D eigenvalue weighted by Gasteiger charge is -2.28. The number of H-pyrrole nitrogens is 1. The number of benzene rings is 1. The average Bonchev–Trinajstić information content (AvgIpc) is 3.12. The molecule has 1 saturated carbocycles. The van der Waals surface area contributed by atoms with Crippen LogP contribution < -0.4 is 5.73 Å². The monoisotopic (exact) mass is 265 g/mol. The van der Waals surface area contributed by atoms with Crippen molar-refractivity contribution in [2.45, 2.75) is 31.1 Å². The standard InChI is InChI=1S/C17H19N3/c18-11-17(6-1-2-7-17)12-3-4-15-14(9-12)13-5-8-19-10-16(13)20-15/h3-5,8-10,20H,1-2,6-7,11,18H2. The van der Waals surface area contributed by atoms with Gasteiger partial charge in [-0.1, -0.05) is 18.9 Å². The van der Waals surface area contributed by atoms with Gasteiger partial charge < -0.3 is 10.7 Å². The van der Waals surface area contributed by atoms with E-state index in [9.17, 15) is 0 Å². The zero-order valence-electron chi connectivity index (χ0n) is 11.5. The third kappa shape index (κ3) is 1.59. The van der Waals surface area contributed by atoms with E-state index in [1.165, 1.54) is 47.5 Å². The molecule has 0 bridgehead atoms. The number of hydrogen-bond donors (Lipinski definition) is 2. The Kier molecular flexibility index (Phi) is 2.57. The van der Waals surface area contributed by atoms with E-state index in [-0.39, 0.29) is 5.41 Å². The van der Waals surface area contributed by atoms with Crippen LogP contribution in [0.3, 0.4) is 0 Å². The molecule has 1 fully saturated rings. The Morgan fingerprint density at radius 3 is 2.75 bits per heavy atom. The van der Waals surface area contributed by atoms with Crippen molar-refractivity contribution in [2.75, 3.05) is 6.54 Å². The third-order valence-corrected chi connectivity index (χ3v) is 4.96. The van der Waals surface area contributed by atoms with E-state index < -0.39 is 0 Å². The van der Waals surface area contributed by atoms with Crippen LogP contribution in [0.25, 0.3) is 21.8 Å². The van der Waals surface area contributed by atoms with E-state index in [1.807, 2.05) is 12.4 Å². The number of fused-ring (bicyclic) bond motifs is 3. The topological polar surface area (TPSA) is 54.7 Å². The van der Waals surface area contributed by atoms with Crippen LogP contribution in [0.1, 0.15) is 31.2 Å². The molecule has 2 heterocycles. The maximum atomic E-state index is 6.12. The van der Waals surface area contributed by atoms with Gasteiger partial charge in [-0.15, -0.1) is 0 Å². The minimum absolute atomic E-state index is 0.199. The largest absolute Gasteiger partial charge is 0.353 e. The number of nitrogens with one attached hydrogen (secondary N) is 1. The molecular formula is C17H19N3. The highest BCUT2D eigenvalue weighted by Gasteiger charge is 2.34. The second-order valence-corrected chi connectivity index (χ2v) is 6.00. The Hall–Kier alpha value is -1.87. The Labute approximate surface area is 118 Å². The summed E-state index contributed by atoms with van der Waals surface area (Å²) in [5.41, 5.74) is 10.0.